The summed E-state index contributed by atoms with van der Waals surface area (Å²) in [5.74, 6) is -3.85. The van der Waals surface area contributed by atoms with E-state index in [1.807, 2.05) is 0 Å². The largest absolute Gasteiger partial charge is 0.466 e. The van der Waals surface area contributed by atoms with E-state index in [1.165, 1.54) is 19.1 Å². The zero-order valence-electron chi connectivity index (χ0n) is 18.5. The van der Waals surface area contributed by atoms with E-state index in [1.54, 1.807) is 0 Å². The van der Waals surface area contributed by atoms with Gasteiger partial charge in [-0.2, -0.15) is 13.2 Å². The lowest BCUT2D eigenvalue weighted by atomic mass is 9.80. The highest BCUT2D eigenvalue weighted by Gasteiger charge is 2.47. The first-order valence-corrected chi connectivity index (χ1v) is 11.5. The van der Waals surface area contributed by atoms with Gasteiger partial charge in [0.1, 0.15) is 5.70 Å². The lowest BCUT2D eigenvalue weighted by Crippen LogP contribution is -2.38. The van der Waals surface area contributed by atoms with Crippen molar-refractivity contribution < 1.29 is 37.2 Å². The molecule has 12 heteroatoms. The molecular weight excluding hydrogens is 525 g/mol. The number of unbranched alkanes of at least 4 members (excludes halogenated alkanes) is 3. The number of methoxy groups -OCH3 is 1. The fourth-order valence-corrected chi connectivity index (χ4v) is 3.99. The number of nitro groups is 1. The summed E-state index contributed by atoms with van der Waals surface area (Å²) < 4.78 is 51.8. The number of nitrogens with one attached hydrogen (secondary N) is 1. The van der Waals surface area contributed by atoms with Crippen LogP contribution in [-0.2, 0) is 19.1 Å². The Morgan fingerprint density at radius 3 is 2.41 bits per heavy atom. The van der Waals surface area contributed by atoms with Gasteiger partial charge in [0.25, 0.3) is 5.69 Å². The highest BCUT2D eigenvalue weighted by Crippen LogP contribution is 2.43. The van der Waals surface area contributed by atoms with Gasteiger partial charge in [-0.25, -0.2) is 9.59 Å². The van der Waals surface area contributed by atoms with Gasteiger partial charge in [0.2, 0.25) is 0 Å². The minimum Gasteiger partial charge on any atom is -0.466 e. The number of rotatable bonds is 10. The fraction of sp³-hybridized carbons (Fsp3) is 0.455. The third-order valence-corrected chi connectivity index (χ3v) is 5.71. The molecule has 1 aromatic carbocycles. The first kappa shape index (κ1) is 27.4. The molecule has 0 aromatic heterocycles. The molecule has 34 heavy (non-hydrogen) atoms. The summed E-state index contributed by atoms with van der Waals surface area (Å²) >= 11 is 3.30. The maximum absolute atomic E-state index is 14.0. The van der Waals surface area contributed by atoms with Gasteiger partial charge in [0, 0.05) is 23.2 Å². The molecule has 1 aliphatic rings. The van der Waals surface area contributed by atoms with Crippen LogP contribution < -0.4 is 5.32 Å². The van der Waals surface area contributed by atoms with Gasteiger partial charge < -0.3 is 14.8 Å². The van der Waals surface area contributed by atoms with Gasteiger partial charge in [-0.3, -0.25) is 10.1 Å². The fourth-order valence-electron chi connectivity index (χ4n) is 3.60. The number of non-ortho nitro benzene ring substituents is 1. The average Bonchev–Trinajstić information content (AvgIpc) is 2.79. The van der Waals surface area contributed by atoms with Crippen LogP contribution in [0.2, 0.25) is 0 Å². The molecule has 0 spiro atoms. The summed E-state index contributed by atoms with van der Waals surface area (Å²) in [5, 5.41) is 14.2. The third kappa shape index (κ3) is 6.58. The second-order valence-electron chi connectivity index (χ2n) is 7.47. The van der Waals surface area contributed by atoms with Crippen molar-refractivity contribution in [2.75, 3.05) is 19.0 Å². The van der Waals surface area contributed by atoms with Crippen LogP contribution in [0.4, 0.5) is 18.9 Å². The number of esters is 2. The Labute approximate surface area is 202 Å². The van der Waals surface area contributed by atoms with Crippen molar-refractivity contribution in [3.8, 4) is 0 Å². The number of carbonyl (C=O) groups excluding carboxylic acids is 2. The van der Waals surface area contributed by atoms with Gasteiger partial charge in [-0.1, -0.05) is 40.9 Å². The molecular formula is C22H24BrF3N2O6. The van der Waals surface area contributed by atoms with Crippen molar-refractivity contribution in [3.63, 3.8) is 0 Å². The smallest absolute Gasteiger partial charge is 0.431 e. The molecule has 0 saturated carbocycles. The average molecular weight is 549 g/mol. The van der Waals surface area contributed by atoms with Gasteiger partial charge in [-0.15, -0.1) is 0 Å². The first-order valence-electron chi connectivity index (χ1n) is 10.4. The monoisotopic (exact) mass is 548 g/mol. The van der Waals surface area contributed by atoms with E-state index in [0.717, 1.165) is 37.4 Å². The summed E-state index contributed by atoms with van der Waals surface area (Å²) in [7, 11) is 1.04. The van der Waals surface area contributed by atoms with Crippen LogP contribution in [0.1, 0.15) is 44.1 Å². The van der Waals surface area contributed by atoms with E-state index in [4.69, 9.17) is 9.47 Å². The minimum absolute atomic E-state index is 0.0542. The van der Waals surface area contributed by atoms with Crippen LogP contribution in [0, 0.1) is 10.1 Å². The standard InChI is InChI=1S/C22H24BrF3N2O6/c1-13-16(20(29)33-2)17(14-8-7-9-15(12-14)28(31)32)18(19(27-13)22(24,25)26)21(30)34-11-6-4-3-5-10-23/h7-9,12,17,27H,3-6,10-11H2,1-2H3. The Balaban J connectivity index is 2.58. The van der Waals surface area contributed by atoms with Gasteiger partial charge >= 0.3 is 18.1 Å². The van der Waals surface area contributed by atoms with Gasteiger partial charge in [-0.05, 0) is 25.3 Å². The molecule has 1 heterocycles. The number of ether oxygens (including phenoxy) is 2. The second kappa shape index (κ2) is 12.0. The van der Waals surface area contributed by atoms with Crippen molar-refractivity contribution in [2.24, 2.45) is 0 Å². The number of hydrogen-bond donors (Lipinski definition) is 1. The van der Waals surface area contributed by atoms with Crippen LogP contribution in [0.3, 0.4) is 0 Å². The van der Waals surface area contributed by atoms with Crippen molar-refractivity contribution in [1.82, 2.24) is 5.32 Å². The van der Waals surface area contributed by atoms with Crippen molar-refractivity contribution >= 4 is 33.6 Å². The van der Waals surface area contributed by atoms with Crippen molar-refractivity contribution in [3.05, 3.63) is 62.5 Å². The summed E-state index contributed by atoms with van der Waals surface area (Å²) in [6.07, 6.45) is -2.08. The Hall–Kier alpha value is -2.89. The Bertz CT molecular complexity index is 1010. The van der Waals surface area contributed by atoms with E-state index in [9.17, 15) is 32.9 Å². The Kier molecular flexibility index (Phi) is 9.66. The van der Waals surface area contributed by atoms with Gasteiger partial charge in [0.05, 0.1) is 35.7 Å². The predicted molar refractivity (Wildman–Crippen MR) is 120 cm³/mol. The molecule has 2 rings (SSSR count). The van der Waals surface area contributed by atoms with Crippen molar-refractivity contribution in [1.29, 1.82) is 0 Å². The molecule has 1 unspecified atom stereocenters. The van der Waals surface area contributed by atoms with Crippen LogP contribution in [0.5, 0.6) is 0 Å². The number of nitrogens with zero attached hydrogens (tertiary/aromatic N) is 1. The maximum Gasteiger partial charge on any atom is 0.431 e. The number of carbonyl (C=O) groups is 2. The zero-order valence-corrected chi connectivity index (χ0v) is 20.1. The molecule has 0 fully saturated rings. The quantitative estimate of drug-likeness (QED) is 0.143. The molecule has 186 valence electrons. The van der Waals surface area contributed by atoms with E-state index < -0.39 is 45.9 Å². The third-order valence-electron chi connectivity index (χ3n) is 5.15. The first-order chi connectivity index (χ1) is 16.0. The highest BCUT2D eigenvalue weighted by atomic mass is 79.9. The lowest BCUT2D eigenvalue weighted by molar-refractivity contribution is -0.384. The van der Waals surface area contributed by atoms with Crippen LogP contribution in [-0.4, -0.2) is 42.1 Å². The van der Waals surface area contributed by atoms with E-state index >= 15 is 0 Å². The Morgan fingerprint density at radius 2 is 1.82 bits per heavy atom. The van der Waals surface area contributed by atoms with Crippen molar-refractivity contribution in [2.45, 2.75) is 44.7 Å². The lowest BCUT2D eigenvalue weighted by Gasteiger charge is -2.32. The predicted octanol–water partition coefficient (Wildman–Crippen LogP) is 5.04. The molecule has 0 bridgehead atoms. The Morgan fingerprint density at radius 1 is 1.15 bits per heavy atom. The maximum atomic E-state index is 14.0. The molecule has 1 aromatic rings. The second-order valence-corrected chi connectivity index (χ2v) is 8.26. The number of alkyl halides is 4. The number of nitro benzene ring substituents is 1. The normalized spacial score (nSPS) is 16.2. The van der Waals surface area contributed by atoms with Crippen LogP contribution in [0.15, 0.2) is 46.8 Å². The molecule has 0 amide bonds. The number of halogens is 4. The summed E-state index contributed by atoms with van der Waals surface area (Å²) in [4.78, 5) is 36.1. The number of allylic oxidation sites excluding steroid dienone is 2. The van der Waals surface area contributed by atoms with E-state index in [0.29, 0.717) is 12.8 Å². The van der Waals surface area contributed by atoms with Crippen LogP contribution in [0.25, 0.3) is 0 Å². The molecule has 0 saturated heterocycles. The molecule has 1 N–H and O–H groups in total. The molecule has 1 aliphatic heterocycles. The molecule has 0 radical (unpaired) electrons. The number of hydrogen-bond acceptors (Lipinski definition) is 7. The summed E-state index contributed by atoms with van der Waals surface area (Å²) in [6, 6.07) is 4.74. The van der Waals surface area contributed by atoms with Crippen LogP contribution >= 0.6 is 15.9 Å². The number of dihydropyridines is 1. The topological polar surface area (TPSA) is 108 Å². The zero-order chi connectivity index (χ0) is 25.5. The number of benzene rings is 1. The summed E-state index contributed by atoms with van der Waals surface area (Å²) in [5.41, 5.74) is -3.19. The van der Waals surface area contributed by atoms with Gasteiger partial charge in [0.15, 0.2) is 0 Å². The SMILES string of the molecule is COC(=O)C1=C(C)NC(C(F)(F)F)=C(C(=O)OCCCCCCBr)C1c1cccc([N+](=O)[O-])c1. The molecule has 1 atom stereocenters. The van der Waals surface area contributed by atoms with E-state index in [2.05, 4.69) is 21.2 Å². The summed E-state index contributed by atoms with van der Waals surface area (Å²) in [6.45, 7) is 1.11. The molecule has 0 aliphatic carbocycles. The minimum atomic E-state index is -4.99. The molecule has 8 nitrogen and oxygen atoms in total. The van der Waals surface area contributed by atoms with E-state index in [-0.39, 0.29) is 23.4 Å². The highest BCUT2D eigenvalue weighted by molar-refractivity contribution is 9.09.